The van der Waals surface area contributed by atoms with Crippen LogP contribution in [0.25, 0.3) is 22.0 Å². The number of alkyl halides is 1. The molecule has 3 aromatic rings. The van der Waals surface area contributed by atoms with Crippen molar-refractivity contribution in [2.45, 2.75) is 51.2 Å². The molecule has 3 heterocycles. The Morgan fingerprint density at radius 2 is 1.86 bits per heavy atom. The summed E-state index contributed by atoms with van der Waals surface area (Å²) in [4.78, 5) is 4.52. The number of pyridine rings is 1. The van der Waals surface area contributed by atoms with E-state index in [1.54, 1.807) is 0 Å². The Kier molecular flexibility index (Phi) is 4.31. The van der Waals surface area contributed by atoms with Crippen molar-refractivity contribution in [3.63, 3.8) is 0 Å². The molecular formula is C22H26FN5. The maximum Gasteiger partial charge on any atom is 0.156 e. The summed E-state index contributed by atoms with van der Waals surface area (Å²) < 4.78 is 14.2. The summed E-state index contributed by atoms with van der Waals surface area (Å²) in [6.45, 7) is 5.31. The zero-order chi connectivity index (χ0) is 19.3. The number of halogens is 1. The van der Waals surface area contributed by atoms with Gasteiger partial charge in [0.05, 0.1) is 11.6 Å². The van der Waals surface area contributed by atoms with E-state index < -0.39 is 6.17 Å². The van der Waals surface area contributed by atoms with Crippen LogP contribution in [-0.4, -0.2) is 40.5 Å². The highest BCUT2D eigenvalue weighted by Gasteiger charge is 2.29. The number of aromatic amines is 1. The van der Waals surface area contributed by atoms with E-state index in [9.17, 15) is 4.39 Å². The van der Waals surface area contributed by atoms with Crippen LogP contribution in [0.4, 0.5) is 10.2 Å². The number of benzene rings is 1. The summed E-state index contributed by atoms with van der Waals surface area (Å²) in [5.41, 5.74) is 6.87. The van der Waals surface area contributed by atoms with Crippen molar-refractivity contribution >= 4 is 16.7 Å². The fraction of sp³-hybridized carbons (Fsp3) is 0.455. The molecule has 146 valence electrons. The van der Waals surface area contributed by atoms with E-state index in [4.69, 9.17) is 0 Å². The van der Waals surface area contributed by atoms with Crippen molar-refractivity contribution in [3.8, 4) is 11.1 Å². The molecule has 6 heteroatoms. The summed E-state index contributed by atoms with van der Waals surface area (Å²) >= 11 is 0. The van der Waals surface area contributed by atoms with Gasteiger partial charge in [0, 0.05) is 23.3 Å². The molecule has 0 amide bonds. The van der Waals surface area contributed by atoms with Crippen molar-refractivity contribution < 1.29 is 4.39 Å². The number of aromatic nitrogens is 3. The van der Waals surface area contributed by atoms with Gasteiger partial charge in [-0.25, -0.2) is 4.39 Å². The quantitative estimate of drug-likeness (QED) is 0.635. The van der Waals surface area contributed by atoms with E-state index in [-0.39, 0.29) is 6.04 Å². The number of rotatable bonds is 4. The van der Waals surface area contributed by atoms with Crippen molar-refractivity contribution in [3.05, 3.63) is 41.2 Å². The Morgan fingerprint density at radius 3 is 2.57 bits per heavy atom. The number of nitrogens with zero attached hydrogens (tertiary/aromatic N) is 2. The zero-order valence-electron chi connectivity index (χ0n) is 16.3. The van der Waals surface area contributed by atoms with Crippen LogP contribution >= 0.6 is 0 Å². The third kappa shape index (κ3) is 3.26. The van der Waals surface area contributed by atoms with E-state index in [0.29, 0.717) is 12.5 Å². The van der Waals surface area contributed by atoms with Gasteiger partial charge in [-0.3, -0.25) is 10.1 Å². The Labute approximate surface area is 164 Å². The molecule has 1 aliphatic heterocycles. The fourth-order valence-electron chi connectivity index (χ4n) is 4.32. The number of hydrogen-bond donors (Lipinski definition) is 3. The molecule has 1 aromatic carbocycles. The van der Waals surface area contributed by atoms with Crippen LogP contribution in [0.5, 0.6) is 0 Å². The summed E-state index contributed by atoms with van der Waals surface area (Å²) in [5, 5.41) is 15.1. The Balaban J connectivity index is 1.57. The monoisotopic (exact) mass is 379 g/mol. The number of H-pyrrole nitrogens is 1. The van der Waals surface area contributed by atoms with Gasteiger partial charge in [-0.05, 0) is 86.5 Å². The SMILES string of the molecule is Cc1cc(-c2cc3[nH]nc(N[C@@H]4CCNC[C@H]4F)c3cc2C2CC2)cc(C)n1. The van der Waals surface area contributed by atoms with Gasteiger partial charge in [0.1, 0.15) is 6.17 Å². The molecule has 5 rings (SSSR count). The highest BCUT2D eigenvalue weighted by Crippen LogP contribution is 2.46. The second kappa shape index (κ2) is 6.85. The van der Waals surface area contributed by atoms with Crippen LogP contribution in [-0.2, 0) is 0 Å². The van der Waals surface area contributed by atoms with Crippen LogP contribution in [0.1, 0.15) is 42.1 Å². The van der Waals surface area contributed by atoms with E-state index >= 15 is 0 Å². The minimum atomic E-state index is -0.898. The van der Waals surface area contributed by atoms with E-state index in [1.807, 2.05) is 13.8 Å². The predicted octanol–water partition coefficient (Wildman–Crippen LogP) is 4.23. The molecule has 2 aromatic heterocycles. The molecule has 1 saturated carbocycles. The van der Waals surface area contributed by atoms with E-state index in [1.165, 1.54) is 29.5 Å². The molecule has 2 fully saturated rings. The summed E-state index contributed by atoms with van der Waals surface area (Å²) in [6.07, 6.45) is 2.32. The Morgan fingerprint density at radius 1 is 1.07 bits per heavy atom. The number of hydrogen-bond acceptors (Lipinski definition) is 4. The second-order valence-corrected chi connectivity index (χ2v) is 8.23. The van der Waals surface area contributed by atoms with Crippen molar-refractivity contribution in [1.82, 2.24) is 20.5 Å². The molecule has 0 radical (unpaired) electrons. The molecule has 1 saturated heterocycles. The van der Waals surface area contributed by atoms with Gasteiger partial charge in [-0.2, -0.15) is 5.10 Å². The maximum absolute atomic E-state index is 14.2. The number of nitrogens with one attached hydrogen (secondary N) is 3. The molecule has 2 aliphatic rings. The minimum absolute atomic E-state index is 0.192. The number of aryl methyl sites for hydroxylation is 2. The largest absolute Gasteiger partial charge is 0.362 e. The summed E-state index contributed by atoms with van der Waals surface area (Å²) in [5.74, 6) is 1.36. The lowest BCUT2D eigenvalue weighted by Crippen LogP contribution is -2.45. The lowest BCUT2D eigenvalue weighted by Gasteiger charge is -2.27. The van der Waals surface area contributed by atoms with Gasteiger partial charge < -0.3 is 10.6 Å². The van der Waals surface area contributed by atoms with Crippen LogP contribution in [0.3, 0.4) is 0 Å². The van der Waals surface area contributed by atoms with Gasteiger partial charge in [0.2, 0.25) is 0 Å². The maximum atomic E-state index is 14.2. The third-order valence-corrected chi connectivity index (χ3v) is 5.87. The van der Waals surface area contributed by atoms with Gasteiger partial charge in [0.15, 0.2) is 5.82 Å². The first kappa shape index (κ1) is 17.6. The molecule has 28 heavy (non-hydrogen) atoms. The van der Waals surface area contributed by atoms with Gasteiger partial charge in [0.25, 0.3) is 0 Å². The van der Waals surface area contributed by atoms with Crippen molar-refractivity contribution in [1.29, 1.82) is 0 Å². The first-order valence-electron chi connectivity index (χ1n) is 10.2. The highest BCUT2D eigenvalue weighted by atomic mass is 19.1. The van der Waals surface area contributed by atoms with Gasteiger partial charge in [-0.1, -0.05) is 0 Å². The number of anilines is 1. The number of fused-ring (bicyclic) bond motifs is 1. The van der Waals surface area contributed by atoms with E-state index in [2.05, 4.69) is 50.1 Å². The van der Waals surface area contributed by atoms with Crippen LogP contribution in [0, 0.1) is 13.8 Å². The summed E-state index contributed by atoms with van der Waals surface area (Å²) in [7, 11) is 0. The van der Waals surface area contributed by atoms with E-state index in [0.717, 1.165) is 41.1 Å². The smallest absolute Gasteiger partial charge is 0.156 e. The molecule has 2 atom stereocenters. The predicted molar refractivity (Wildman–Crippen MR) is 111 cm³/mol. The van der Waals surface area contributed by atoms with Crippen LogP contribution < -0.4 is 10.6 Å². The average molecular weight is 379 g/mol. The Hall–Kier alpha value is -2.47. The normalized spacial score (nSPS) is 22.5. The average Bonchev–Trinajstić information content (AvgIpc) is 3.44. The first-order chi connectivity index (χ1) is 13.6. The second-order valence-electron chi connectivity index (χ2n) is 8.23. The minimum Gasteiger partial charge on any atom is -0.362 e. The van der Waals surface area contributed by atoms with Crippen LogP contribution in [0.15, 0.2) is 24.3 Å². The van der Waals surface area contributed by atoms with Crippen molar-refractivity contribution in [2.24, 2.45) is 0 Å². The Bertz CT molecular complexity index is 1000. The summed E-state index contributed by atoms with van der Waals surface area (Å²) in [6, 6.07) is 8.57. The molecular weight excluding hydrogens is 353 g/mol. The molecule has 5 nitrogen and oxygen atoms in total. The zero-order valence-corrected chi connectivity index (χ0v) is 16.3. The first-order valence-corrected chi connectivity index (χ1v) is 10.2. The lowest BCUT2D eigenvalue weighted by molar-refractivity contribution is 0.244. The topological polar surface area (TPSA) is 65.6 Å². The molecule has 0 bridgehead atoms. The van der Waals surface area contributed by atoms with Gasteiger partial charge in [-0.15, -0.1) is 0 Å². The third-order valence-electron chi connectivity index (χ3n) is 5.87. The lowest BCUT2D eigenvalue weighted by atomic mass is 9.94. The number of piperidine rings is 1. The molecule has 0 spiro atoms. The van der Waals surface area contributed by atoms with Crippen LogP contribution in [0.2, 0.25) is 0 Å². The fourth-order valence-corrected chi connectivity index (χ4v) is 4.32. The molecule has 1 aliphatic carbocycles. The van der Waals surface area contributed by atoms with Gasteiger partial charge >= 0.3 is 0 Å². The van der Waals surface area contributed by atoms with Crippen molar-refractivity contribution in [2.75, 3.05) is 18.4 Å². The highest BCUT2D eigenvalue weighted by molar-refractivity contribution is 5.94. The standard InChI is InChI=1S/C22H26FN5/c1-12-7-15(8-13(2)25-12)17-10-21-18(9-16(17)14-3-4-14)22(28-27-21)26-20-5-6-24-11-19(20)23/h7-10,14,19-20,24H,3-6,11H2,1-2H3,(H2,26,27,28)/t19-,20-/m1/s1. The molecule has 0 unspecified atom stereocenters. The molecule has 3 N–H and O–H groups in total.